The van der Waals surface area contributed by atoms with E-state index in [9.17, 15) is 4.79 Å². The highest BCUT2D eigenvalue weighted by Gasteiger charge is 2.32. The van der Waals surface area contributed by atoms with Crippen molar-refractivity contribution in [2.75, 3.05) is 37.4 Å². The number of hydrogen-bond acceptors (Lipinski definition) is 5. The summed E-state index contributed by atoms with van der Waals surface area (Å²) in [5.74, 6) is 0.743. The summed E-state index contributed by atoms with van der Waals surface area (Å²) >= 11 is 0. The van der Waals surface area contributed by atoms with Gasteiger partial charge in [0.15, 0.2) is 5.82 Å². The number of carbonyl (C=O) groups excluding carboxylic acids is 1. The number of nitrogens with one attached hydrogen (secondary N) is 1. The molecule has 1 amide bonds. The molecule has 1 aliphatic rings. The van der Waals surface area contributed by atoms with Gasteiger partial charge < -0.3 is 20.7 Å². The Bertz CT molecular complexity index is 485. The molecule has 1 saturated heterocycles. The lowest BCUT2D eigenvalue weighted by Gasteiger charge is -2.35. The minimum absolute atomic E-state index is 0.0673. The zero-order chi connectivity index (χ0) is 14.7. The number of nitrogen functional groups attached to an aromatic ring is 1. The van der Waals surface area contributed by atoms with E-state index in [0.29, 0.717) is 25.4 Å². The van der Waals surface area contributed by atoms with Gasteiger partial charge in [0.25, 0.3) is 0 Å². The third-order valence-corrected chi connectivity index (χ3v) is 3.57. The molecule has 1 fully saturated rings. The smallest absolute Gasteiger partial charge is 0.244 e. The molecule has 1 aliphatic heterocycles. The number of morpholine rings is 1. The Morgan fingerprint density at radius 2 is 2.35 bits per heavy atom. The Morgan fingerprint density at radius 1 is 1.60 bits per heavy atom. The first kappa shape index (κ1) is 14.6. The highest BCUT2D eigenvalue weighted by atomic mass is 16.5. The van der Waals surface area contributed by atoms with Gasteiger partial charge in [0.05, 0.1) is 24.6 Å². The lowest BCUT2D eigenvalue weighted by Crippen LogP contribution is -2.54. The van der Waals surface area contributed by atoms with E-state index in [1.54, 1.807) is 11.7 Å². The molecule has 3 N–H and O–H groups in total. The Kier molecular flexibility index (Phi) is 4.49. The number of nitrogens with zero attached hydrogens (tertiary/aromatic N) is 3. The van der Waals surface area contributed by atoms with Crippen molar-refractivity contribution in [1.82, 2.24) is 15.1 Å². The summed E-state index contributed by atoms with van der Waals surface area (Å²) < 4.78 is 7.18. The molecule has 1 aromatic rings. The van der Waals surface area contributed by atoms with Crippen molar-refractivity contribution < 1.29 is 9.53 Å². The molecule has 0 spiro atoms. The number of aryl methyl sites for hydroxylation is 2. The molecule has 0 aromatic carbocycles. The molecule has 0 radical (unpaired) electrons. The van der Waals surface area contributed by atoms with Crippen LogP contribution in [0.5, 0.6) is 0 Å². The number of hydrogen-bond donors (Lipinski definition) is 2. The monoisotopic (exact) mass is 281 g/mol. The Labute approximate surface area is 119 Å². The molecule has 7 nitrogen and oxygen atoms in total. The fourth-order valence-electron chi connectivity index (χ4n) is 2.59. The molecule has 2 rings (SSSR count). The van der Waals surface area contributed by atoms with Gasteiger partial charge in [-0.05, 0) is 6.42 Å². The summed E-state index contributed by atoms with van der Waals surface area (Å²) in [5, 5.41) is 7.15. The lowest BCUT2D eigenvalue weighted by molar-refractivity contribution is -0.124. The van der Waals surface area contributed by atoms with Crippen LogP contribution in [0, 0.1) is 0 Å². The average molecular weight is 281 g/mol. The third-order valence-electron chi connectivity index (χ3n) is 3.57. The van der Waals surface area contributed by atoms with Crippen LogP contribution in [0.25, 0.3) is 0 Å². The lowest BCUT2D eigenvalue weighted by atomic mass is 10.2. The van der Waals surface area contributed by atoms with Crippen LogP contribution in [-0.4, -0.2) is 48.5 Å². The van der Waals surface area contributed by atoms with Gasteiger partial charge >= 0.3 is 0 Å². The van der Waals surface area contributed by atoms with Crippen molar-refractivity contribution in [3.8, 4) is 0 Å². The molecule has 20 heavy (non-hydrogen) atoms. The van der Waals surface area contributed by atoms with E-state index in [-0.39, 0.29) is 11.9 Å². The topological polar surface area (TPSA) is 85.4 Å². The van der Waals surface area contributed by atoms with Crippen LogP contribution in [0.2, 0.25) is 0 Å². The maximum absolute atomic E-state index is 12.0. The van der Waals surface area contributed by atoms with Crippen LogP contribution in [0.3, 0.4) is 0 Å². The van der Waals surface area contributed by atoms with Crippen molar-refractivity contribution in [3.05, 3.63) is 5.69 Å². The third kappa shape index (κ3) is 2.58. The molecule has 0 bridgehead atoms. The number of aromatic nitrogens is 2. The molecule has 0 saturated carbocycles. The van der Waals surface area contributed by atoms with Gasteiger partial charge in [-0.1, -0.05) is 13.3 Å². The van der Waals surface area contributed by atoms with Gasteiger partial charge in [-0.15, -0.1) is 0 Å². The predicted octanol–water partition coefficient (Wildman–Crippen LogP) is -0.0940. The number of likely N-dealkylation sites (N-methyl/N-ethyl adjacent to an activating group) is 1. The minimum atomic E-state index is -0.360. The first-order chi connectivity index (χ1) is 9.60. The highest BCUT2D eigenvalue weighted by molar-refractivity contribution is 5.86. The number of amides is 1. The van der Waals surface area contributed by atoms with E-state index >= 15 is 0 Å². The molecule has 7 heteroatoms. The van der Waals surface area contributed by atoms with E-state index in [2.05, 4.69) is 17.3 Å². The second kappa shape index (κ2) is 6.13. The molecular formula is C13H23N5O2. The zero-order valence-corrected chi connectivity index (χ0v) is 12.3. The Hall–Kier alpha value is -1.76. The fourth-order valence-corrected chi connectivity index (χ4v) is 2.59. The maximum Gasteiger partial charge on any atom is 0.244 e. The summed E-state index contributed by atoms with van der Waals surface area (Å²) in [5.41, 5.74) is 7.79. The van der Waals surface area contributed by atoms with E-state index in [0.717, 1.165) is 24.4 Å². The first-order valence-corrected chi connectivity index (χ1v) is 6.97. The number of carbonyl (C=O) groups is 1. The van der Waals surface area contributed by atoms with Crippen molar-refractivity contribution >= 4 is 17.4 Å². The quantitative estimate of drug-likeness (QED) is 0.805. The van der Waals surface area contributed by atoms with Gasteiger partial charge in [0.1, 0.15) is 6.04 Å². The molecule has 1 unspecified atom stereocenters. The number of ether oxygens (including phenoxy) is 1. The molecule has 0 aliphatic carbocycles. The van der Waals surface area contributed by atoms with Crippen LogP contribution >= 0.6 is 0 Å². The largest absolute Gasteiger partial charge is 0.394 e. The summed E-state index contributed by atoms with van der Waals surface area (Å²) in [4.78, 5) is 14.0. The van der Waals surface area contributed by atoms with Crippen LogP contribution in [0.15, 0.2) is 0 Å². The Balaban J connectivity index is 2.35. The van der Waals surface area contributed by atoms with E-state index in [1.807, 2.05) is 11.9 Å². The van der Waals surface area contributed by atoms with E-state index < -0.39 is 0 Å². The minimum Gasteiger partial charge on any atom is -0.394 e. The highest BCUT2D eigenvalue weighted by Crippen LogP contribution is 2.29. The van der Waals surface area contributed by atoms with Crippen LogP contribution in [-0.2, 0) is 23.0 Å². The second-order valence-electron chi connectivity index (χ2n) is 4.96. The van der Waals surface area contributed by atoms with Gasteiger partial charge in [0.2, 0.25) is 5.91 Å². The maximum atomic E-state index is 12.0. The van der Waals surface area contributed by atoms with Crippen molar-refractivity contribution in [1.29, 1.82) is 0 Å². The van der Waals surface area contributed by atoms with Gasteiger partial charge in [-0.3, -0.25) is 9.48 Å². The molecule has 2 heterocycles. The van der Waals surface area contributed by atoms with E-state index in [1.165, 1.54) is 0 Å². The molecule has 1 atom stereocenters. The Morgan fingerprint density at radius 3 is 3.00 bits per heavy atom. The molecule has 1 aromatic heterocycles. The summed E-state index contributed by atoms with van der Waals surface area (Å²) in [7, 11) is 3.49. The van der Waals surface area contributed by atoms with Crippen LogP contribution < -0.4 is 16.0 Å². The fraction of sp³-hybridized carbons (Fsp3) is 0.692. The van der Waals surface area contributed by atoms with Gasteiger partial charge in [0, 0.05) is 20.6 Å². The summed E-state index contributed by atoms with van der Waals surface area (Å²) in [6.45, 7) is 3.68. The predicted molar refractivity (Wildman–Crippen MR) is 77.6 cm³/mol. The number of anilines is 2. The van der Waals surface area contributed by atoms with Crippen molar-refractivity contribution in [2.24, 2.45) is 7.05 Å². The van der Waals surface area contributed by atoms with Gasteiger partial charge in [-0.2, -0.15) is 5.10 Å². The first-order valence-electron chi connectivity index (χ1n) is 6.97. The van der Waals surface area contributed by atoms with Gasteiger partial charge in [-0.25, -0.2) is 0 Å². The van der Waals surface area contributed by atoms with Crippen molar-refractivity contribution in [2.45, 2.75) is 25.8 Å². The average Bonchev–Trinajstić information content (AvgIpc) is 2.73. The number of rotatable bonds is 4. The summed E-state index contributed by atoms with van der Waals surface area (Å²) in [6, 6.07) is -0.360. The molecular weight excluding hydrogens is 258 g/mol. The second-order valence-corrected chi connectivity index (χ2v) is 4.96. The van der Waals surface area contributed by atoms with Crippen LogP contribution in [0.1, 0.15) is 19.0 Å². The number of nitrogens with two attached hydrogens (primary N) is 1. The van der Waals surface area contributed by atoms with E-state index in [4.69, 9.17) is 10.5 Å². The standard InChI is InChI=1S/C13H23N5O2/c1-4-5-9-11(14)13(17(3)16-9)18-6-7-20-8-10(18)12(19)15-2/h10H,4-8,14H2,1-3H3,(H,15,19). The van der Waals surface area contributed by atoms with Crippen molar-refractivity contribution in [3.63, 3.8) is 0 Å². The SMILES string of the molecule is CCCc1nn(C)c(N2CCOCC2C(=O)NC)c1N. The normalized spacial score (nSPS) is 19.1. The molecule has 112 valence electrons. The zero-order valence-electron chi connectivity index (χ0n) is 12.3. The van der Waals surface area contributed by atoms with Crippen LogP contribution in [0.4, 0.5) is 11.5 Å². The summed E-state index contributed by atoms with van der Waals surface area (Å²) in [6.07, 6.45) is 1.83.